The molecule has 0 aromatic heterocycles. The fourth-order valence-electron chi connectivity index (χ4n) is 4.08. The molecule has 1 aliphatic heterocycles. The average molecular weight is 599 g/mol. The summed E-state index contributed by atoms with van der Waals surface area (Å²) in [4.78, 5) is 38.8. The molecule has 0 radical (unpaired) electrons. The summed E-state index contributed by atoms with van der Waals surface area (Å²) in [6.45, 7) is 15.4. The maximum absolute atomic E-state index is 13.1. The fourth-order valence-corrected chi connectivity index (χ4v) is 4.08. The summed E-state index contributed by atoms with van der Waals surface area (Å²) in [6, 6.07) is 16.8. The third-order valence-corrected chi connectivity index (χ3v) is 6.82. The van der Waals surface area contributed by atoms with E-state index in [0.717, 1.165) is 5.56 Å². The number of hydrogen-bond acceptors (Lipinski definition) is 9. The van der Waals surface area contributed by atoms with Crippen LogP contribution in [0.25, 0.3) is 0 Å². The Labute approximate surface area is 254 Å². The number of benzene rings is 2. The van der Waals surface area contributed by atoms with Crippen molar-refractivity contribution in [2.24, 2.45) is 16.2 Å². The Hall–Kier alpha value is -3.43. The van der Waals surface area contributed by atoms with Crippen molar-refractivity contribution >= 4 is 17.9 Å². The molecular weight excluding hydrogens is 552 g/mol. The van der Waals surface area contributed by atoms with E-state index in [4.69, 9.17) is 23.7 Å². The Balaban J connectivity index is 1.94. The maximum atomic E-state index is 13.1. The molecule has 1 heterocycles. The van der Waals surface area contributed by atoms with Gasteiger partial charge in [-0.25, -0.2) is 0 Å². The summed E-state index contributed by atoms with van der Waals surface area (Å²) in [5.74, 6) is -1.05. The maximum Gasteiger partial charge on any atom is 0.311 e. The molecule has 1 N–H and O–H groups in total. The minimum Gasteiger partial charge on any atom is -0.489 e. The largest absolute Gasteiger partial charge is 0.489 e. The Kier molecular flexibility index (Phi) is 10.7. The SMILES string of the molecule is CC(C)(C)C(=O)OC[C@H]1O[C@H](c2ccc(OCc3ccccc3)cc2)[C@H](O)[C@@H](OC(=O)C(C)(C)C)C1OC(=O)C(C)(C)C. The van der Waals surface area contributed by atoms with Crippen molar-refractivity contribution in [2.45, 2.75) is 99.4 Å². The van der Waals surface area contributed by atoms with Gasteiger partial charge in [0.25, 0.3) is 0 Å². The molecule has 0 amide bonds. The molecule has 9 heteroatoms. The van der Waals surface area contributed by atoms with Crippen LogP contribution in [0.15, 0.2) is 54.6 Å². The molecule has 0 bridgehead atoms. The standard InChI is InChI=1S/C34H46O9/c1-32(2,3)29(36)40-20-24-27(42-30(37)33(4,5)6)28(43-31(38)34(7,8)9)25(35)26(41-24)22-15-17-23(18-16-22)39-19-21-13-11-10-12-14-21/h10-18,24-28,35H,19-20H2,1-9H3/t24-,25+,26-,27?,28-/m1/s1. The Morgan fingerprint density at radius 3 is 1.74 bits per heavy atom. The van der Waals surface area contributed by atoms with Crippen molar-refractivity contribution in [3.8, 4) is 5.75 Å². The van der Waals surface area contributed by atoms with Gasteiger partial charge < -0.3 is 28.8 Å². The predicted octanol–water partition coefficient (Wildman–Crippen LogP) is 5.57. The highest BCUT2D eigenvalue weighted by molar-refractivity contribution is 5.77. The summed E-state index contributed by atoms with van der Waals surface area (Å²) in [5.41, 5.74) is -1.01. The molecule has 1 saturated heterocycles. The molecule has 1 aliphatic rings. The number of rotatable bonds is 8. The van der Waals surface area contributed by atoms with Crippen LogP contribution in [-0.4, -0.2) is 54.0 Å². The van der Waals surface area contributed by atoms with E-state index in [0.29, 0.717) is 17.9 Å². The number of esters is 3. The lowest BCUT2D eigenvalue weighted by Crippen LogP contribution is -2.59. The van der Waals surface area contributed by atoms with Crippen LogP contribution in [0.4, 0.5) is 0 Å². The zero-order valence-electron chi connectivity index (χ0n) is 26.7. The van der Waals surface area contributed by atoms with Crippen molar-refractivity contribution in [3.05, 3.63) is 65.7 Å². The molecule has 1 fully saturated rings. The second-order valence-electron chi connectivity index (χ2n) is 14.0. The van der Waals surface area contributed by atoms with Crippen LogP contribution in [0.2, 0.25) is 0 Å². The first-order valence-corrected chi connectivity index (χ1v) is 14.6. The van der Waals surface area contributed by atoms with Gasteiger partial charge in [-0.3, -0.25) is 14.4 Å². The molecule has 0 saturated carbocycles. The summed E-state index contributed by atoms with van der Waals surface area (Å²) in [5, 5.41) is 11.6. The van der Waals surface area contributed by atoms with E-state index >= 15 is 0 Å². The normalized spacial score (nSPS) is 22.8. The highest BCUT2D eigenvalue weighted by Crippen LogP contribution is 2.38. The van der Waals surface area contributed by atoms with Gasteiger partial charge in [0.15, 0.2) is 12.2 Å². The van der Waals surface area contributed by atoms with E-state index in [9.17, 15) is 19.5 Å². The Morgan fingerprint density at radius 2 is 1.23 bits per heavy atom. The quantitative estimate of drug-likeness (QED) is 0.307. The summed E-state index contributed by atoms with van der Waals surface area (Å²) < 4.78 is 29.5. The summed E-state index contributed by atoms with van der Waals surface area (Å²) in [7, 11) is 0. The molecule has 236 valence electrons. The van der Waals surface area contributed by atoms with E-state index in [1.54, 1.807) is 86.6 Å². The van der Waals surface area contributed by atoms with Gasteiger partial charge in [-0.05, 0) is 85.6 Å². The van der Waals surface area contributed by atoms with E-state index in [1.165, 1.54) is 0 Å². The summed E-state index contributed by atoms with van der Waals surface area (Å²) in [6.07, 6.45) is -5.99. The minimum absolute atomic E-state index is 0.288. The van der Waals surface area contributed by atoms with Crippen LogP contribution < -0.4 is 4.74 Å². The highest BCUT2D eigenvalue weighted by atomic mass is 16.6. The molecule has 2 aromatic rings. The lowest BCUT2D eigenvalue weighted by Gasteiger charge is -2.44. The topological polar surface area (TPSA) is 118 Å². The number of aliphatic hydroxyl groups excluding tert-OH is 1. The van der Waals surface area contributed by atoms with Crippen LogP contribution in [0, 0.1) is 16.2 Å². The Morgan fingerprint density at radius 1 is 0.721 bits per heavy atom. The van der Waals surface area contributed by atoms with E-state index in [2.05, 4.69) is 0 Å². The molecule has 9 nitrogen and oxygen atoms in total. The van der Waals surface area contributed by atoms with Crippen molar-refractivity contribution in [3.63, 3.8) is 0 Å². The van der Waals surface area contributed by atoms with E-state index < -0.39 is 64.7 Å². The van der Waals surface area contributed by atoms with Gasteiger partial charge in [-0.15, -0.1) is 0 Å². The van der Waals surface area contributed by atoms with Crippen LogP contribution in [0.1, 0.15) is 79.5 Å². The van der Waals surface area contributed by atoms with Crippen molar-refractivity contribution in [2.75, 3.05) is 6.61 Å². The molecule has 3 rings (SSSR count). The number of hydrogen-bond donors (Lipinski definition) is 1. The van der Waals surface area contributed by atoms with Crippen LogP contribution >= 0.6 is 0 Å². The fraction of sp³-hybridized carbons (Fsp3) is 0.559. The first-order valence-electron chi connectivity index (χ1n) is 14.6. The number of carbonyl (C=O) groups excluding carboxylic acids is 3. The van der Waals surface area contributed by atoms with Crippen LogP contribution in [0.5, 0.6) is 5.75 Å². The molecule has 43 heavy (non-hydrogen) atoms. The van der Waals surface area contributed by atoms with E-state index in [-0.39, 0.29) is 6.61 Å². The third-order valence-electron chi connectivity index (χ3n) is 6.82. The van der Waals surface area contributed by atoms with Crippen LogP contribution in [-0.2, 0) is 39.9 Å². The van der Waals surface area contributed by atoms with Crippen molar-refractivity contribution in [1.29, 1.82) is 0 Å². The second kappa shape index (κ2) is 13.5. The lowest BCUT2D eigenvalue weighted by atomic mass is 9.89. The first-order chi connectivity index (χ1) is 19.9. The molecular formula is C34H46O9. The van der Waals surface area contributed by atoms with Gasteiger partial charge in [0.1, 0.15) is 37.3 Å². The molecule has 0 spiro atoms. The number of aliphatic hydroxyl groups is 1. The third kappa shape index (κ3) is 9.28. The number of ether oxygens (including phenoxy) is 5. The summed E-state index contributed by atoms with van der Waals surface area (Å²) >= 11 is 0. The van der Waals surface area contributed by atoms with E-state index in [1.807, 2.05) is 30.3 Å². The van der Waals surface area contributed by atoms with Gasteiger partial charge in [0.05, 0.1) is 16.2 Å². The second-order valence-corrected chi connectivity index (χ2v) is 14.0. The Bertz CT molecular complexity index is 1230. The zero-order chi connectivity index (χ0) is 32.2. The first kappa shape index (κ1) is 34.1. The van der Waals surface area contributed by atoms with Gasteiger partial charge in [0.2, 0.25) is 0 Å². The highest BCUT2D eigenvalue weighted by Gasteiger charge is 2.52. The molecule has 5 atom stereocenters. The average Bonchev–Trinajstić information content (AvgIpc) is 2.92. The monoisotopic (exact) mass is 598 g/mol. The molecule has 1 unspecified atom stereocenters. The lowest BCUT2D eigenvalue weighted by molar-refractivity contribution is -0.255. The van der Waals surface area contributed by atoms with Gasteiger partial charge >= 0.3 is 17.9 Å². The molecule has 0 aliphatic carbocycles. The van der Waals surface area contributed by atoms with Gasteiger partial charge in [-0.1, -0.05) is 42.5 Å². The number of carbonyl (C=O) groups is 3. The predicted molar refractivity (Wildman–Crippen MR) is 160 cm³/mol. The van der Waals surface area contributed by atoms with Crippen LogP contribution in [0.3, 0.4) is 0 Å². The smallest absolute Gasteiger partial charge is 0.311 e. The minimum atomic E-state index is -1.41. The molecule has 2 aromatic carbocycles. The van der Waals surface area contributed by atoms with Gasteiger partial charge in [-0.2, -0.15) is 0 Å². The van der Waals surface area contributed by atoms with Crippen molar-refractivity contribution in [1.82, 2.24) is 0 Å². The zero-order valence-corrected chi connectivity index (χ0v) is 26.7. The van der Waals surface area contributed by atoms with Gasteiger partial charge in [0, 0.05) is 0 Å². The van der Waals surface area contributed by atoms with Crippen molar-refractivity contribution < 1.29 is 43.2 Å².